The molecule has 13 heteroatoms. The highest BCUT2D eigenvalue weighted by Gasteiger charge is 2.29. The first-order chi connectivity index (χ1) is 21.4. The Bertz CT molecular complexity index is 1980. The van der Waals surface area contributed by atoms with E-state index in [9.17, 15) is 9.18 Å². The number of methoxy groups -OCH3 is 1. The second-order valence-corrected chi connectivity index (χ2v) is 11.7. The lowest BCUT2D eigenvalue weighted by molar-refractivity contribution is -0.126. The second-order valence-electron chi connectivity index (χ2n) is 9.74. The molecule has 0 atom stereocenters. The van der Waals surface area contributed by atoms with Crippen LogP contribution in [0, 0.1) is 0 Å². The first kappa shape index (κ1) is 29.5. The zero-order valence-corrected chi connectivity index (χ0v) is 25.3. The predicted octanol–water partition coefficient (Wildman–Crippen LogP) is 6.54. The molecule has 1 aliphatic heterocycles. The van der Waals surface area contributed by atoms with Gasteiger partial charge in [-0.2, -0.15) is 0 Å². The standard InChI is InChI=1S/C31H26F2N6O3S2/c1-4-25(40)38-11-8-22-23(16-38)44-31(35-22)29-27(26(21(33)7-10-32)18(2)42-13-12-41-3)30-20(9-14-43-30)28(36-29)19-5-6-24-37-34-17-39(24)15-19/h4-7,9-10,14-15,17H,1-2,8,11-13,16H2,3H3/b10-7+,26-21-. The zero-order valence-electron chi connectivity index (χ0n) is 23.6. The molecular weight excluding hydrogens is 607 g/mol. The van der Waals surface area contributed by atoms with Crippen molar-refractivity contribution >= 4 is 49.9 Å². The van der Waals surface area contributed by atoms with Crippen LogP contribution in [0.5, 0.6) is 0 Å². The number of allylic oxidation sites excluding steroid dienone is 3. The van der Waals surface area contributed by atoms with Crippen LogP contribution < -0.4 is 0 Å². The number of pyridine rings is 2. The van der Waals surface area contributed by atoms with Gasteiger partial charge in [-0.05, 0) is 29.7 Å². The molecule has 5 aromatic rings. The van der Waals surface area contributed by atoms with Gasteiger partial charge in [-0.25, -0.2) is 18.7 Å². The monoisotopic (exact) mass is 632 g/mol. The van der Waals surface area contributed by atoms with Gasteiger partial charge in [0.15, 0.2) is 5.65 Å². The third-order valence-electron chi connectivity index (χ3n) is 7.13. The highest BCUT2D eigenvalue weighted by Crippen LogP contribution is 2.45. The summed E-state index contributed by atoms with van der Waals surface area (Å²) in [5.41, 5.74) is 3.66. The second kappa shape index (κ2) is 12.6. The van der Waals surface area contributed by atoms with Crippen LogP contribution in [0.25, 0.3) is 43.3 Å². The van der Waals surface area contributed by atoms with Crippen LogP contribution >= 0.6 is 22.7 Å². The Balaban J connectivity index is 1.61. The van der Waals surface area contributed by atoms with E-state index in [0.717, 1.165) is 27.6 Å². The summed E-state index contributed by atoms with van der Waals surface area (Å²) in [7, 11) is 1.52. The number of amides is 1. The lowest BCUT2D eigenvalue weighted by Crippen LogP contribution is -2.34. The van der Waals surface area contributed by atoms with E-state index in [1.807, 2.05) is 29.8 Å². The minimum Gasteiger partial charge on any atom is -0.491 e. The molecule has 0 aliphatic carbocycles. The van der Waals surface area contributed by atoms with E-state index in [1.165, 1.54) is 35.9 Å². The molecule has 0 saturated heterocycles. The van der Waals surface area contributed by atoms with E-state index in [4.69, 9.17) is 19.4 Å². The van der Waals surface area contributed by atoms with Crippen LogP contribution in [0.2, 0.25) is 0 Å². The van der Waals surface area contributed by atoms with Crippen molar-refractivity contribution in [3.63, 3.8) is 0 Å². The Hall–Kier alpha value is -4.59. The number of thiophene rings is 1. The number of rotatable bonds is 10. The average Bonchev–Trinajstić information content (AvgIpc) is 3.80. The zero-order chi connectivity index (χ0) is 30.8. The van der Waals surface area contributed by atoms with Gasteiger partial charge in [0.2, 0.25) is 5.91 Å². The molecule has 6 heterocycles. The molecule has 6 rings (SSSR count). The molecule has 0 bridgehead atoms. The number of nitrogens with zero attached hydrogens (tertiary/aromatic N) is 6. The van der Waals surface area contributed by atoms with Gasteiger partial charge in [-0.15, -0.1) is 32.9 Å². The van der Waals surface area contributed by atoms with Crippen molar-refractivity contribution in [2.75, 3.05) is 26.9 Å². The van der Waals surface area contributed by atoms with Crippen LogP contribution in [0.1, 0.15) is 16.1 Å². The number of fused-ring (bicyclic) bond motifs is 3. The Labute approximate surface area is 259 Å². The predicted molar refractivity (Wildman–Crippen MR) is 167 cm³/mol. The van der Waals surface area contributed by atoms with Gasteiger partial charge < -0.3 is 14.4 Å². The molecule has 9 nitrogen and oxygen atoms in total. The first-order valence-electron chi connectivity index (χ1n) is 13.5. The normalized spacial score (nSPS) is 13.8. The molecule has 0 saturated carbocycles. The van der Waals surface area contributed by atoms with E-state index in [-0.39, 0.29) is 36.8 Å². The lowest BCUT2D eigenvalue weighted by atomic mass is 9.97. The first-order valence-corrected chi connectivity index (χ1v) is 15.2. The summed E-state index contributed by atoms with van der Waals surface area (Å²) < 4.78 is 42.7. The van der Waals surface area contributed by atoms with Crippen molar-refractivity contribution in [1.29, 1.82) is 0 Å². The van der Waals surface area contributed by atoms with Crippen molar-refractivity contribution in [3.05, 3.63) is 95.5 Å². The van der Waals surface area contributed by atoms with Crippen molar-refractivity contribution < 1.29 is 23.0 Å². The van der Waals surface area contributed by atoms with Crippen LogP contribution in [-0.2, 0) is 27.2 Å². The van der Waals surface area contributed by atoms with Crippen molar-refractivity contribution in [2.45, 2.75) is 13.0 Å². The van der Waals surface area contributed by atoms with E-state index in [1.54, 1.807) is 15.6 Å². The molecule has 0 spiro atoms. The average molecular weight is 633 g/mol. The van der Waals surface area contributed by atoms with E-state index in [0.29, 0.717) is 51.8 Å². The Morgan fingerprint density at radius 1 is 1.20 bits per heavy atom. The minimum atomic E-state index is -0.879. The van der Waals surface area contributed by atoms with Crippen LogP contribution in [0.3, 0.4) is 0 Å². The maximum Gasteiger partial charge on any atom is 0.246 e. The van der Waals surface area contributed by atoms with Gasteiger partial charge in [0, 0.05) is 58.4 Å². The van der Waals surface area contributed by atoms with Crippen molar-refractivity contribution in [2.24, 2.45) is 0 Å². The quantitative estimate of drug-likeness (QED) is 0.0747. The fourth-order valence-electron chi connectivity index (χ4n) is 5.06. The van der Waals surface area contributed by atoms with Crippen LogP contribution in [0.4, 0.5) is 8.78 Å². The number of aromatic nitrogens is 5. The third kappa shape index (κ3) is 5.45. The molecule has 1 amide bonds. The van der Waals surface area contributed by atoms with Crippen LogP contribution in [-0.4, -0.2) is 62.2 Å². The number of ether oxygens (including phenoxy) is 2. The summed E-state index contributed by atoms with van der Waals surface area (Å²) in [6.45, 7) is 8.84. The summed E-state index contributed by atoms with van der Waals surface area (Å²) >= 11 is 2.77. The number of carbonyl (C=O) groups is 1. The Morgan fingerprint density at radius 2 is 2.07 bits per heavy atom. The Morgan fingerprint density at radius 3 is 2.86 bits per heavy atom. The van der Waals surface area contributed by atoms with Crippen molar-refractivity contribution in [3.8, 4) is 22.0 Å². The smallest absolute Gasteiger partial charge is 0.246 e. The molecule has 0 aromatic carbocycles. The number of carbonyl (C=O) groups excluding carboxylic acids is 1. The summed E-state index contributed by atoms with van der Waals surface area (Å²) in [5.74, 6) is -1.04. The van der Waals surface area contributed by atoms with Gasteiger partial charge in [0.25, 0.3) is 0 Å². The van der Waals surface area contributed by atoms with Gasteiger partial charge in [-0.1, -0.05) is 13.2 Å². The maximum atomic E-state index is 15.9. The van der Waals surface area contributed by atoms with Crippen LogP contribution in [0.15, 0.2) is 79.3 Å². The largest absolute Gasteiger partial charge is 0.491 e. The summed E-state index contributed by atoms with van der Waals surface area (Å²) in [6, 6.07) is 5.65. The molecule has 224 valence electrons. The molecule has 0 N–H and O–H groups in total. The third-order valence-corrected chi connectivity index (χ3v) is 9.15. The number of hydrogen-bond donors (Lipinski definition) is 0. The topological polar surface area (TPSA) is 94.7 Å². The molecule has 0 unspecified atom stereocenters. The molecule has 44 heavy (non-hydrogen) atoms. The van der Waals surface area contributed by atoms with Crippen molar-refractivity contribution in [1.82, 2.24) is 29.5 Å². The maximum absolute atomic E-state index is 15.9. The van der Waals surface area contributed by atoms with Gasteiger partial charge in [0.05, 0.1) is 36.4 Å². The lowest BCUT2D eigenvalue weighted by Gasteiger charge is -2.24. The Kier molecular flexibility index (Phi) is 8.42. The molecule has 0 radical (unpaired) electrons. The van der Waals surface area contributed by atoms with E-state index < -0.39 is 5.83 Å². The van der Waals surface area contributed by atoms with Gasteiger partial charge in [-0.3, -0.25) is 9.20 Å². The van der Waals surface area contributed by atoms with E-state index in [2.05, 4.69) is 23.4 Å². The number of halogens is 2. The fourth-order valence-corrected chi connectivity index (χ4v) is 7.13. The van der Waals surface area contributed by atoms with Gasteiger partial charge >= 0.3 is 0 Å². The molecule has 0 fully saturated rings. The fraction of sp³-hybridized carbons (Fsp3) is 0.194. The highest BCUT2D eigenvalue weighted by molar-refractivity contribution is 7.18. The minimum absolute atomic E-state index is 0.00173. The van der Waals surface area contributed by atoms with Gasteiger partial charge in [0.1, 0.15) is 35.2 Å². The SMILES string of the molecule is C=CC(=O)N1CCc2nc(-c3nc(-c4ccc5nncn5c4)c4ccsc4c3/C(C(=C)OCCOC)=C(F)/C=C/F)sc2C1. The highest BCUT2D eigenvalue weighted by atomic mass is 32.1. The molecule has 1 aliphatic rings. The summed E-state index contributed by atoms with van der Waals surface area (Å²) in [6.07, 6.45) is 6.18. The number of hydrogen-bond acceptors (Lipinski definition) is 9. The molecular formula is C31H26F2N6O3S2. The number of thiazole rings is 1. The summed E-state index contributed by atoms with van der Waals surface area (Å²) in [4.78, 5) is 25.0. The molecule has 5 aromatic heterocycles. The summed E-state index contributed by atoms with van der Waals surface area (Å²) in [5, 5.41) is 11.2. The van der Waals surface area contributed by atoms with E-state index >= 15 is 4.39 Å².